The molecular weight excluding hydrogens is 272 g/mol. The van der Waals surface area contributed by atoms with Gasteiger partial charge in [-0.25, -0.2) is 13.8 Å². The highest BCUT2D eigenvalue weighted by atomic mass is 19.1. The summed E-state index contributed by atoms with van der Waals surface area (Å²) in [7, 11) is 0. The van der Waals surface area contributed by atoms with Gasteiger partial charge in [-0.05, 0) is 30.3 Å². The van der Waals surface area contributed by atoms with Crippen molar-refractivity contribution in [2.45, 2.75) is 0 Å². The molecule has 21 heavy (non-hydrogen) atoms. The number of rotatable bonds is 1. The Morgan fingerprint density at radius 3 is 2.76 bits per heavy atom. The Kier molecular flexibility index (Phi) is 2.47. The fourth-order valence-corrected chi connectivity index (χ4v) is 2.50. The van der Waals surface area contributed by atoms with Crippen LogP contribution in [-0.4, -0.2) is 14.4 Å². The van der Waals surface area contributed by atoms with E-state index in [0.717, 1.165) is 0 Å². The smallest absolute Gasteiger partial charge is 0.139 e. The Balaban J connectivity index is 2.11. The summed E-state index contributed by atoms with van der Waals surface area (Å²) >= 11 is 0. The molecule has 0 saturated carbocycles. The number of pyridine rings is 2. The number of aromatic nitrogens is 3. The Labute approximate surface area is 118 Å². The van der Waals surface area contributed by atoms with Crippen LogP contribution in [0.25, 0.3) is 27.8 Å². The minimum absolute atomic E-state index is 0.364. The minimum atomic E-state index is -0.379. The normalized spacial score (nSPS) is 11.3. The molecule has 0 fully saturated rings. The standard InChI is InChI=1S/C16H9F2N3/c17-11-3-4-15-20-8-14(21(15)9-11)13-7-12(18)6-10-2-1-5-19-16(10)13/h1-9H. The van der Waals surface area contributed by atoms with Crippen LogP contribution in [0.5, 0.6) is 0 Å². The van der Waals surface area contributed by atoms with Crippen molar-refractivity contribution in [2.75, 3.05) is 0 Å². The first-order chi connectivity index (χ1) is 10.2. The third-order valence-electron chi connectivity index (χ3n) is 3.42. The molecule has 0 atom stereocenters. The highest BCUT2D eigenvalue weighted by molar-refractivity contribution is 5.93. The van der Waals surface area contributed by atoms with E-state index in [9.17, 15) is 8.78 Å². The Hall–Kier alpha value is -2.82. The molecule has 0 bridgehead atoms. The molecule has 0 aliphatic rings. The molecule has 3 nitrogen and oxygen atoms in total. The van der Waals surface area contributed by atoms with Gasteiger partial charge < -0.3 is 0 Å². The van der Waals surface area contributed by atoms with E-state index in [-0.39, 0.29) is 11.6 Å². The second-order valence-electron chi connectivity index (χ2n) is 4.75. The molecule has 0 saturated heterocycles. The summed E-state index contributed by atoms with van der Waals surface area (Å²) in [6.07, 6.45) is 4.57. The molecule has 3 heterocycles. The summed E-state index contributed by atoms with van der Waals surface area (Å²) in [6.45, 7) is 0. The Bertz CT molecular complexity index is 976. The van der Waals surface area contributed by atoms with Crippen molar-refractivity contribution in [1.82, 2.24) is 14.4 Å². The van der Waals surface area contributed by atoms with Crippen LogP contribution in [-0.2, 0) is 0 Å². The molecule has 0 aliphatic heterocycles. The molecule has 1 aromatic carbocycles. The maximum atomic E-state index is 13.8. The topological polar surface area (TPSA) is 30.2 Å². The summed E-state index contributed by atoms with van der Waals surface area (Å²) in [5, 5.41) is 0.693. The molecule has 0 radical (unpaired) electrons. The largest absolute Gasteiger partial charge is 0.297 e. The zero-order valence-corrected chi connectivity index (χ0v) is 10.8. The fourth-order valence-electron chi connectivity index (χ4n) is 2.50. The number of fused-ring (bicyclic) bond motifs is 2. The molecule has 0 spiro atoms. The average molecular weight is 281 g/mol. The predicted molar refractivity (Wildman–Crippen MR) is 75.8 cm³/mol. The Morgan fingerprint density at radius 1 is 0.952 bits per heavy atom. The van der Waals surface area contributed by atoms with Gasteiger partial charge in [0, 0.05) is 23.3 Å². The maximum Gasteiger partial charge on any atom is 0.139 e. The first-order valence-electron chi connectivity index (χ1n) is 6.40. The maximum absolute atomic E-state index is 13.8. The lowest BCUT2D eigenvalue weighted by Crippen LogP contribution is -1.93. The van der Waals surface area contributed by atoms with Crippen LogP contribution >= 0.6 is 0 Å². The Morgan fingerprint density at radius 2 is 1.86 bits per heavy atom. The molecule has 0 amide bonds. The van der Waals surface area contributed by atoms with Crippen LogP contribution in [0, 0.1) is 11.6 Å². The molecular formula is C16H9F2N3. The van der Waals surface area contributed by atoms with Gasteiger partial charge in [0.25, 0.3) is 0 Å². The second-order valence-corrected chi connectivity index (χ2v) is 4.75. The van der Waals surface area contributed by atoms with E-state index >= 15 is 0 Å². The van der Waals surface area contributed by atoms with Crippen molar-refractivity contribution in [3.8, 4) is 11.3 Å². The lowest BCUT2D eigenvalue weighted by atomic mass is 10.1. The summed E-state index contributed by atoms with van der Waals surface area (Å²) in [5.74, 6) is -0.743. The second kappa shape index (κ2) is 4.34. The molecule has 5 heteroatoms. The first-order valence-corrected chi connectivity index (χ1v) is 6.40. The van der Waals surface area contributed by atoms with Crippen molar-refractivity contribution >= 4 is 16.6 Å². The number of halogens is 2. The van der Waals surface area contributed by atoms with Gasteiger partial charge in [0.2, 0.25) is 0 Å². The highest BCUT2D eigenvalue weighted by Crippen LogP contribution is 2.29. The number of hydrogen-bond acceptors (Lipinski definition) is 2. The summed E-state index contributed by atoms with van der Waals surface area (Å²) in [5.41, 5.74) is 2.45. The van der Waals surface area contributed by atoms with Crippen LogP contribution in [0.15, 0.2) is 55.0 Å². The quantitative estimate of drug-likeness (QED) is 0.531. The highest BCUT2D eigenvalue weighted by Gasteiger charge is 2.12. The van der Waals surface area contributed by atoms with Crippen molar-refractivity contribution in [3.63, 3.8) is 0 Å². The van der Waals surface area contributed by atoms with Crippen LogP contribution in [0.4, 0.5) is 8.78 Å². The summed E-state index contributed by atoms with van der Waals surface area (Å²) < 4.78 is 28.9. The lowest BCUT2D eigenvalue weighted by Gasteiger charge is -2.06. The monoisotopic (exact) mass is 281 g/mol. The van der Waals surface area contributed by atoms with Gasteiger partial charge >= 0.3 is 0 Å². The molecule has 0 aliphatic carbocycles. The summed E-state index contributed by atoms with van der Waals surface area (Å²) in [6, 6.07) is 9.28. The summed E-state index contributed by atoms with van der Waals surface area (Å²) in [4.78, 5) is 8.52. The average Bonchev–Trinajstić information content (AvgIpc) is 2.89. The van der Waals surface area contributed by atoms with E-state index < -0.39 is 0 Å². The first kappa shape index (κ1) is 12.0. The van der Waals surface area contributed by atoms with E-state index in [1.165, 1.54) is 24.4 Å². The number of hydrogen-bond donors (Lipinski definition) is 0. The third-order valence-corrected chi connectivity index (χ3v) is 3.42. The predicted octanol–water partition coefficient (Wildman–Crippen LogP) is 3.83. The van der Waals surface area contributed by atoms with Gasteiger partial charge in [-0.1, -0.05) is 6.07 Å². The van der Waals surface area contributed by atoms with Gasteiger partial charge in [0.15, 0.2) is 0 Å². The van der Waals surface area contributed by atoms with Crippen molar-refractivity contribution in [1.29, 1.82) is 0 Å². The van der Waals surface area contributed by atoms with E-state index in [1.807, 2.05) is 0 Å². The third kappa shape index (κ3) is 1.86. The van der Waals surface area contributed by atoms with Gasteiger partial charge in [-0.3, -0.25) is 9.38 Å². The van der Waals surface area contributed by atoms with Gasteiger partial charge in [-0.15, -0.1) is 0 Å². The van der Waals surface area contributed by atoms with Crippen LogP contribution in [0.3, 0.4) is 0 Å². The van der Waals surface area contributed by atoms with Crippen molar-refractivity contribution in [2.24, 2.45) is 0 Å². The fraction of sp³-hybridized carbons (Fsp3) is 0. The zero-order valence-electron chi connectivity index (χ0n) is 10.8. The molecule has 102 valence electrons. The lowest BCUT2D eigenvalue weighted by molar-refractivity contribution is 0.619. The van der Waals surface area contributed by atoms with Gasteiger partial charge in [0.1, 0.15) is 17.3 Å². The van der Waals surface area contributed by atoms with Crippen LogP contribution in [0.2, 0.25) is 0 Å². The molecule has 3 aromatic heterocycles. The van der Waals surface area contributed by atoms with E-state index in [0.29, 0.717) is 27.8 Å². The molecule has 4 aromatic rings. The van der Waals surface area contributed by atoms with Crippen LogP contribution < -0.4 is 0 Å². The zero-order chi connectivity index (χ0) is 14.4. The van der Waals surface area contributed by atoms with Crippen LogP contribution in [0.1, 0.15) is 0 Å². The van der Waals surface area contributed by atoms with Gasteiger partial charge in [-0.2, -0.15) is 0 Å². The van der Waals surface area contributed by atoms with Crippen molar-refractivity contribution < 1.29 is 8.78 Å². The van der Waals surface area contributed by atoms with E-state index in [2.05, 4.69) is 9.97 Å². The molecule has 0 unspecified atom stereocenters. The van der Waals surface area contributed by atoms with E-state index in [1.54, 1.807) is 35.0 Å². The number of imidazole rings is 1. The van der Waals surface area contributed by atoms with Crippen molar-refractivity contribution in [3.05, 3.63) is 66.6 Å². The number of benzene rings is 1. The molecule has 4 rings (SSSR count). The van der Waals surface area contributed by atoms with E-state index in [4.69, 9.17) is 0 Å². The molecule has 0 N–H and O–H groups in total. The minimum Gasteiger partial charge on any atom is -0.297 e. The SMILES string of the molecule is Fc1cc(-c2cnc3ccc(F)cn23)c2ncccc2c1. The number of nitrogens with zero attached hydrogens (tertiary/aromatic N) is 3. The van der Waals surface area contributed by atoms with Gasteiger partial charge in [0.05, 0.1) is 17.4 Å².